The molecule has 184 valence electrons. The van der Waals surface area contributed by atoms with Crippen LogP contribution in [0.2, 0.25) is 0 Å². The van der Waals surface area contributed by atoms with Gasteiger partial charge in [-0.15, -0.1) is 0 Å². The van der Waals surface area contributed by atoms with Crippen molar-refractivity contribution in [3.63, 3.8) is 0 Å². The van der Waals surface area contributed by atoms with Gasteiger partial charge in [-0.1, -0.05) is 58.0 Å². The minimum absolute atomic E-state index is 0.0349. The summed E-state index contributed by atoms with van der Waals surface area (Å²) in [5, 5.41) is 26.5. The maximum absolute atomic E-state index is 12.8. The molecule has 10 heteroatoms. The van der Waals surface area contributed by atoms with Crippen LogP contribution in [0.25, 0.3) is 0 Å². The molecule has 0 saturated heterocycles. The predicted molar refractivity (Wildman–Crippen MR) is 123 cm³/mol. The van der Waals surface area contributed by atoms with E-state index in [2.05, 4.69) is 16.0 Å². The molecular formula is C23H36N4O6. The molecule has 0 radical (unpaired) electrons. The standard InChI is InChI=1S/C23H36N4O6/c1-13(2)10-16(25-22(31)19(24)14(3)4)20(29)27-18(12-28)21(30)26-17(23(32)33)11-15-8-6-5-7-9-15/h5-9,13-14,16-19,28H,10-12,24H2,1-4H3,(H,25,31)(H,26,30)(H,27,29)(H,32,33). The minimum Gasteiger partial charge on any atom is -0.480 e. The maximum Gasteiger partial charge on any atom is 0.326 e. The van der Waals surface area contributed by atoms with Crippen molar-refractivity contribution in [3.8, 4) is 0 Å². The van der Waals surface area contributed by atoms with Gasteiger partial charge in [-0.05, 0) is 23.8 Å². The Labute approximate surface area is 194 Å². The molecule has 0 fully saturated rings. The molecule has 0 aliphatic heterocycles. The number of hydrogen-bond donors (Lipinski definition) is 6. The molecule has 4 atom stereocenters. The Kier molecular flexibility index (Phi) is 11.5. The summed E-state index contributed by atoms with van der Waals surface area (Å²) < 4.78 is 0. The number of rotatable bonds is 13. The zero-order chi connectivity index (χ0) is 25.1. The Bertz CT molecular complexity index is 799. The highest BCUT2D eigenvalue weighted by atomic mass is 16.4. The first-order valence-electron chi connectivity index (χ1n) is 11.0. The van der Waals surface area contributed by atoms with Gasteiger partial charge < -0.3 is 31.9 Å². The third kappa shape index (κ3) is 9.58. The monoisotopic (exact) mass is 464 g/mol. The van der Waals surface area contributed by atoms with E-state index in [0.29, 0.717) is 5.56 Å². The van der Waals surface area contributed by atoms with Crippen molar-refractivity contribution >= 4 is 23.7 Å². The maximum atomic E-state index is 12.8. The third-order valence-corrected chi connectivity index (χ3v) is 5.07. The molecular weight excluding hydrogens is 428 g/mol. The average molecular weight is 465 g/mol. The lowest BCUT2D eigenvalue weighted by Crippen LogP contribution is -2.58. The van der Waals surface area contributed by atoms with Crippen LogP contribution in [-0.4, -0.2) is 64.7 Å². The topological polar surface area (TPSA) is 171 Å². The number of aliphatic carboxylic acids is 1. The number of nitrogens with one attached hydrogen (secondary N) is 3. The summed E-state index contributed by atoms with van der Waals surface area (Å²) in [6.07, 6.45) is 0.320. The lowest BCUT2D eigenvalue weighted by molar-refractivity contribution is -0.142. The van der Waals surface area contributed by atoms with Gasteiger partial charge in [0, 0.05) is 6.42 Å². The summed E-state index contributed by atoms with van der Waals surface area (Å²) in [6, 6.07) is 4.34. The van der Waals surface area contributed by atoms with Gasteiger partial charge in [0.05, 0.1) is 12.6 Å². The van der Waals surface area contributed by atoms with Gasteiger partial charge in [-0.3, -0.25) is 14.4 Å². The first-order chi connectivity index (χ1) is 15.5. The van der Waals surface area contributed by atoms with Gasteiger partial charge >= 0.3 is 5.97 Å². The number of aliphatic hydroxyl groups excluding tert-OH is 1. The van der Waals surface area contributed by atoms with Gasteiger partial charge in [-0.2, -0.15) is 0 Å². The van der Waals surface area contributed by atoms with Crippen LogP contribution in [0.15, 0.2) is 30.3 Å². The molecule has 0 aliphatic carbocycles. The second-order valence-corrected chi connectivity index (χ2v) is 8.79. The fourth-order valence-electron chi connectivity index (χ4n) is 3.06. The number of aliphatic hydroxyl groups is 1. The van der Waals surface area contributed by atoms with Crippen molar-refractivity contribution in [1.82, 2.24) is 16.0 Å². The first-order valence-corrected chi connectivity index (χ1v) is 11.0. The Balaban J connectivity index is 2.87. The van der Waals surface area contributed by atoms with Crippen molar-refractivity contribution in [2.24, 2.45) is 17.6 Å². The fraction of sp³-hybridized carbons (Fsp3) is 0.565. The molecule has 1 rings (SSSR count). The van der Waals surface area contributed by atoms with Crippen LogP contribution >= 0.6 is 0 Å². The summed E-state index contributed by atoms with van der Waals surface area (Å²) in [7, 11) is 0. The quantitative estimate of drug-likeness (QED) is 0.234. The number of carboxylic acid groups (broad SMARTS) is 1. The fourth-order valence-corrected chi connectivity index (χ4v) is 3.06. The van der Waals surface area contributed by atoms with E-state index >= 15 is 0 Å². The first kappa shape index (κ1) is 28.1. The smallest absolute Gasteiger partial charge is 0.326 e. The highest BCUT2D eigenvalue weighted by molar-refractivity contribution is 5.94. The molecule has 33 heavy (non-hydrogen) atoms. The molecule has 0 aliphatic rings. The Morgan fingerprint density at radius 1 is 0.848 bits per heavy atom. The van der Waals surface area contributed by atoms with E-state index in [1.165, 1.54) is 0 Å². The number of nitrogens with two attached hydrogens (primary N) is 1. The molecule has 0 heterocycles. The van der Waals surface area contributed by atoms with Crippen molar-refractivity contribution in [2.75, 3.05) is 6.61 Å². The zero-order valence-electron chi connectivity index (χ0n) is 19.6. The Morgan fingerprint density at radius 3 is 1.85 bits per heavy atom. The lowest BCUT2D eigenvalue weighted by Gasteiger charge is -2.26. The van der Waals surface area contributed by atoms with E-state index < -0.39 is 54.5 Å². The van der Waals surface area contributed by atoms with Crippen LogP contribution in [-0.2, 0) is 25.6 Å². The van der Waals surface area contributed by atoms with Crippen LogP contribution in [0.4, 0.5) is 0 Å². The van der Waals surface area contributed by atoms with Crippen molar-refractivity contribution in [3.05, 3.63) is 35.9 Å². The van der Waals surface area contributed by atoms with Gasteiger partial charge in [0.25, 0.3) is 0 Å². The Hall–Kier alpha value is -2.98. The highest BCUT2D eigenvalue weighted by Crippen LogP contribution is 2.08. The second kappa shape index (κ2) is 13.5. The molecule has 1 aromatic carbocycles. The van der Waals surface area contributed by atoms with Crippen molar-refractivity contribution < 1.29 is 29.4 Å². The number of carbonyl (C=O) groups excluding carboxylic acids is 3. The third-order valence-electron chi connectivity index (χ3n) is 5.07. The molecule has 4 unspecified atom stereocenters. The molecule has 10 nitrogen and oxygen atoms in total. The largest absolute Gasteiger partial charge is 0.480 e. The van der Waals surface area contributed by atoms with Crippen molar-refractivity contribution in [2.45, 2.75) is 64.7 Å². The number of benzene rings is 1. The van der Waals surface area contributed by atoms with Crippen LogP contribution in [0.5, 0.6) is 0 Å². The molecule has 7 N–H and O–H groups in total. The van der Waals surface area contributed by atoms with E-state index in [1.54, 1.807) is 44.2 Å². The van der Waals surface area contributed by atoms with Gasteiger partial charge in [0.2, 0.25) is 17.7 Å². The summed E-state index contributed by atoms with van der Waals surface area (Å²) in [5.74, 6) is -3.35. The van der Waals surface area contributed by atoms with E-state index in [9.17, 15) is 29.4 Å². The van der Waals surface area contributed by atoms with Gasteiger partial charge in [0.1, 0.15) is 18.1 Å². The van der Waals surface area contributed by atoms with Crippen LogP contribution in [0.3, 0.4) is 0 Å². The van der Waals surface area contributed by atoms with E-state index in [1.807, 2.05) is 13.8 Å². The summed E-state index contributed by atoms with van der Waals surface area (Å²) in [5.41, 5.74) is 6.56. The molecule has 0 aromatic heterocycles. The molecule has 0 spiro atoms. The summed E-state index contributed by atoms with van der Waals surface area (Å²) in [6.45, 7) is 6.55. The molecule has 1 aromatic rings. The predicted octanol–water partition coefficient (Wildman–Crippen LogP) is -0.210. The van der Waals surface area contributed by atoms with E-state index in [-0.39, 0.29) is 24.7 Å². The zero-order valence-corrected chi connectivity index (χ0v) is 19.6. The van der Waals surface area contributed by atoms with Gasteiger partial charge in [-0.25, -0.2) is 4.79 Å². The number of carboxylic acids is 1. The second-order valence-electron chi connectivity index (χ2n) is 8.79. The number of carbonyl (C=O) groups is 4. The van der Waals surface area contributed by atoms with Crippen molar-refractivity contribution in [1.29, 1.82) is 0 Å². The van der Waals surface area contributed by atoms with Crippen LogP contribution < -0.4 is 21.7 Å². The Morgan fingerprint density at radius 2 is 1.36 bits per heavy atom. The average Bonchev–Trinajstić information content (AvgIpc) is 2.75. The minimum atomic E-state index is -1.39. The summed E-state index contributed by atoms with van der Waals surface area (Å²) in [4.78, 5) is 49.4. The van der Waals surface area contributed by atoms with E-state index in [0.717, 1.165) is 0 Å². The SMILES string of the molecule is CC(C)CC(NC(=O)C(N)C(C)C)C(=O)NC(CO)C(=O)NC(Cc1ccccc1)C(=O)O. The van der Waals surface area contributed by atoms with E-state index in [4.69, 9.17) is 5.73 Å². The normalized spacial score (nSPS) is 14.8. The molecule has 0 saturated carbocycles. The lowest BCUT2D eigenvalue weighted by atomic mass is 10.00. The number of amides is 3. The molecule has 3 amide bonds. The van der Waals surface area contributed by atoms with Crippen LogP contribution in [0.1, 0.15) is 39.7 Å². The van der Waals surface area contributed by atoms with Crippen LogP contribution in [0, 0.1) is 11.8 Å². The number of hydrogen-bond acceptors (Lipinski definition) is 6. The summed E-state index contributed by atoms with van der Waals surface area (Å²) >= 11 is 0. The highest BCUT2D eigenvalue weighted by Gasteiger charge is 2.30. The molecule has 0 bridgehead atoms. The van der Waals surface area contributed by atoms with Gasteiger partial charge in [0.15, 0.2) is 0 Å².